The molecule has 0 bridgehead atoms. The van der Waals surface area contributed by atoms with Gasteiger partial charge >= 0.3 is 5.97 Å². The zero-order chi connectivity index (χ0) is 17.5. The van der Waals surface area contributed by atoms with E-state index < -0.39 is 5.97 Å². The van der Waals surface area contributed by atoms with Gasteiger partial charge in [-0.25, -0.2) is 4.39 Å². The number of nitrogens with zero attached hydrogens (tertiary/aromatic N) is 1. The zero-order valence-electron chi connectivity index (χ0n) is 13.8. The summed E-state index contributed by atoms with van der Waals surface area (Å²) in [6.45, 7) is 2.83. The number of aromatic nitrogens is 1. The minimum atomic E-state index is -0.393. The van der Waals surface area contributed by atoms with Gasteiger partial charge in [0.1, 0.15) is 5.82 Å². The van der Waals surface area contributed by atoms with Crippen molar-refractivity contribution in [3.8, 4) is 0 Å². The number of aryl methyl sites for hydroxylation is 1. The number of nitrogens with one attached hydrogen (secondary N) is 1. The Morgan fingerprint density at radius 3 is 2.88 bits per heavy atom. The number of pyridine rings is 1. The van der Waals surface area contributed by atoms with Crippen molar-refractivity contribution in [3.05, 3.63) is 35.3 Å². The number of methoxy groups -OCH3 is 1. The summed E-state index contributed by atoms with van der Waals surface area (Å²) in [6, 6.07) is 4.34. The lowest BCUT2D eigenvalue weighted by Gasteiger charge is -2.17. The summed E-state index contributed by atoms with van der Waals surface area (Å²) in [4.78, 5) is 16.1. The molecule has 2 aromatic rings. The quantitative estimate of drug-likeness (QED) is 0.565. The molecule has 0 atom stereocenters. The van der Waals surface area contributed by atoms with Crippen LogP contribution in [0.15, 0.2) is 18.2 Å². The van der Waals surface area contributed by atoms with Crippen LogP contribution >= 0.6 is 0 Å². The first-order valence-corrected chi connectivity index (χ1v) is 7.64. The second-order valence-corrected chi connectivity index (χ2v) is 5.23. The molecule has 24 heavy (non-hydrogen) atoms. The smallest absolute Gasteiger partial charge is 0.310 e. The Morgan fingerprint density at radius 2 is 2.17 bits per heavy atom. The van der Waals surface area contributed by atoms with Gasteiger partial charge in [0.05, 0.1) is 38.9 Å². The Morgan fingerprint density at radius 1 is 1.38 bits per heavy atom. The van der Waals surface area contributed by atoms with Crippen LogP contribution in [0.4, 0.5) is 10.1 Å². The fraction of sp³-hybridized carbons (Fsp3) is 0.412. The SMILES string of the molecule is COC(=O)Cc1c(C)nc2ccc(F)cc2c1NCCOCCO. The maximum Gasteiger partial charge on any atom is 0.310 e. The highest BCUT2D eigenvalue weighted by atomic mass is 19.1. The summed E-state index contributed by atoms with van der Waals surface area (Å²) in [5.74, 6) is -0.771. The lowest BCUT2D eigenvalue weighted by atomic mass is 10.0. The fourth-order valence-electron chi connectivity index (χ4n) is 2.45. The van der Waals surface area contributed by atoms with E-state index in [4.69, 9.17) is 14.6 Å². The maximum atomic E-state index is 13.7. The van der Waals surface area contributed by atoms with Crippen LogP contribution in [0, 0.1) is 12.7 Å². The van der Waals surface area contributed by atoms with Crippen molar-refractivity contribution >= 4 is 22.6 Å². The number of ether oxygens (including phenoxy) is 2. The van der Waals surface area contributed by atoms with Gasteiger partial charge in [-0.3, -0.25) is 9.78 Å². The predicted octanol–water partition coefficient (Wildman–Crippen LogP) is 1.82. The van der Waals surface area contributed by atoms with E-state index in [-0.39, 0.29) is 25.5 Å². The van der Waals surface area contributed by atoms with E-state index in [1.807, 2.05) is 0 Å². The number of benzene rings is 1. The zero-order valence-corrected chi connectivity index (χ0v) is 13.8. The Hall–Kier alpha value is -2.25. The molecule has 0 amide bonds. The molecule has 130 valence electrons. The van der Waals surface area contributed by atoms with Gasteiger partial charge in [-0.05, 0) is 25.1 Å². The van der Waals surface area contributed by atoms with Crippen LogP contribution < -0.4 is 5.32 Å². The van der Waals surface area contributed by atoms with Crippen molar-refractivity contribution in [2.24, 2.45) is 0 Å². The van der Waals surface area contributed by atoms with E-state index in [1.54, 1.807) is 13.0 Å². The number of carbonyl (C=O) groups is 1. The largest absolute Gasteiger partial charge is 0.469 e. The minimum absolute atomic E-state index is 0.0433. The van der Waals surface area contributed by atoms with E-state index in [2.05, 4.69) is 10.3 Å². The molecule has 1 heterocycles. The minimum Gasteiger partial charge on any atom is -0.469 e. The first-order valence-electron chi connectivity index (χ1n) is 7.64. The van der Waals surface area contributed by atoms with Crippen molar-refractivity contribution in [1.29, 1.82) is 0 Å². The highest BCUT2D eigenvalue weighted by molar-refractivity contribution is 5.95. The van der Waals surface area contributed by atoms with Crippen molar-refractivity contribution in [3.63, 3.8) is 0 Å². The number of aliphatic hydroxyl groups excluding tert-OH is 1. The highest BCUT2D eigenvalue weighted by Crippen LogP contribution is 2.29. The molecule has 0 saturated carbocycles. The summed E-state index contributed by atoms with van der Waals surface area (Å²) in [5, 5.41) is 12.5. The van der Waals surface area contributed by atoms with Gasteiger partial charge < -0.3 is 19.9 Å². The van der Waals surface area contributed by atoms with Gasteiger partial charge in [0.2, 0.25) is 0 Å². The number of carbonyl (C=O) groups excluding carboxylic acids is 1. The molecule has 6 nitrogen and oxygen atoms in total. The molecular formula is C17H21FN2O4. The summed E-state index contributed by atoms with van der Waals surface area (Å²) in [6.07, 6.45) is 0.0433. The maximum absolute atomic E-state index is 13.7. The number of fused-ring (bicyclic) bond motifs is 1. The van der Waals surface area contributed by atoms with Crippen molar-refractivity contribution < 1.29 is 23.8 Å². The third-order valence-electron chi connectivity index (χ3n) is 3.59. The third-order valence-corrected chi connectivity index (χ3v) is 3.59. The van der Waals surface area contributed by atoms with Crippen molar-refractivity contribution in [2.75, 3.05) is 38.8 Å². The molecule has 7 heteroatoms. The van der Waals surface area contributed by atoms with Gasteiger partial charge in [-0.2, -0.15) is 0 Å². The van der Waals surface area contributed by atoms with E-state index in [0.717, 1.165) is 0 Å². The topological polar surface area (TPSA) is 80.7 Å². The monoisotopic (exact) mass is 336 g/mol. The number of hydrogen-bond acceptors (Lipinski definition) is 6. The van der Waals surface area contributed by atoms with Gasteiger partial charge in [-0.15, -0.1) is 0 Å². The molecule has 2 rings (SSSR count). The van der Waals surface area contributed by atoms with Crippen LogP contribution in [0.3, 0.4) is 0 Å². The first kappa shape index (κ1) is 18.1. The average Bonchev–Trinajstić information content (AvgIpc) is 2.57. The summed E-state index contributed by atoms with van der Waals surface area (Å²) < 4.78 is 23.6. The third kappa shape index (κ3) is 4.39. The number of hydrogen-bond donors (Lipinski definition) is 2. The number of rotatable bonds is 8. The van der Waals surface area contributed by atoms with Gasteiger partial charge in [0, 0.05) is 28.9 Å². The van der Waals surface area contributed by atoms with E-state index in [9.17, 15) is 9.18 Å². The molecule has 0 aliphatic heterocycles. The van der Waals surface area contributed by atoms with Gasteiger partial charge in [0.25, 0.3) is 0 Å². The van der Waals surface area contributed by atoms with Gasteiger partial charge in [-0.1, -0.05) is 0 Å². The molecule has 0 fully saturated rings. The van der Waals surface area contributed by atoms with Crippen LogP contribution in [-0.2, 0) is 20.7 Å². The Balaban J connectivity index is 2.38. The van der Waals surface area contributed by atoms with E-state index in [1.165, 1.54) is 19.2 Å². The Bertz CT molecular complexity index is 721. The van der Waals surface area contributed by atoms with E-state index >= 15 is 0 Å². The molecule has 2 N–H and O–H groups in total. The van der Waals surface area contributed by atoms with Crippen LogP contribution in [-0.4, -0.2) is 49.5 Å². The molecule has 1 aromatic heterocycles. The molecule has 0 unspecified atom stereocenters. The molecule has 0 aliphatic carbocycles. The Kier molecular flexibility index (Phi) is 6.45. The second-order valence-electron chi connectivity index (χ2n) is 5.23. The van der Waals surface area contributed by atoms with Crippen molar-refractivity contribution in [2.45, 2.75) is 13.3 Å². The second kappa shape index (κ2) is 8.56. The number of esters is 1. The standard InChI is InChI=1S/C17H21FN2O4/c1-11-13(10-16(22)23-2)17(19-5-7-24-8-6-21)14-9-12(18)3-4-15(14)20-11/h3-4,9,21H,5-8,10H2,1-2H3,(H,19,20). The summed E-state index contributed by atoms with van der Waals surface area (Å²) in [5.41, 5.74) is 2.64. The van der Waals surface area contributed by atoms with Crippen LogP contribution in [0.2, 0.25) is 0 Å². The number of halogens is 1. The highest BCUT2D eigenvalue weighted by Gasteiger charge is 2.16. The van der Waals surface area contributed by atoms with Crippen molar-refractivity contribution in [1.82, 2.24) is 4.98 Å². The molecule has 1 aromatic carbocycles. The lowest BCUT2D eigenvalue weighted by Crippen LogP contribution is -2.15. The first-order chi connectivity index (χ1) is 11.6. The van der Waals surface area contributed by atoms with Gasteiger partial charge in [0.15, 0.2) is 0 Å². The van der Waals surface area contributed by atoms with Crippen LogP contribution in [0.1, 0.15) is 11.3 Å². The average molecular weight is 336 g/mol. The number of aliphatic hydroxyl groups is 1. The van der Waals surface area contributed by atoms with Crippen LogP contribution in [0.25, 0.3) is 10.9 Å². The molecule has 0 saturated heterocycles. The normalized spacial score (nSPS) is 10.8. The molecular weight excluding hydrogens is 315 g/mol. The summed E-state index contributed by atoms with van der Waals surface area (Å²) >= 11 is 0. The Labute approximate surface area is 139 Å². The van der Waals surface area contributed by atoms with Crippen LogP contribution in [0.5, 0.6) is 0 Å². The molecule has 0 spiro atoms. The van der Waals surface area contributed by atoms with E-state index in [0.29, 0.717) is 41.0 Å². The summed E-state index contributed by atoms with van der Waals surface area (Å²) in [7, 11) is 1.32. The molecule has 0 aliphatic rings. The predicted molar refractivity (Wildman–Crippen MR) is 88.6 cm³/mol. The number of anilines is 1. The fourth-order valence-corrected chi connectivity index (χ4v) is 2.45. The molecule has 0 radical (unpaired) electrons. The lowest BCUT2D eigenvalue weighted by molar-refractivity contribution is -0.139.